The van der Waals surface area contributed by atoms with Crippen LogP contribution in [-0.2, 0) is 20.2 Å². The Labute approximate surface area is 205 Å². The summed E-state index contributed by atoms with van der Waals surface area (Å²) >= 11 is 6.39. The number of carbonyl (C=O) groups excluding carboxylic acids is 1. The lowest BCUT2D eigenvalue weighted by molar-refractivity contribution is 0.0981. The lowest BCUT2D eigenvalue weighted by Crippen LogP contribution is -2.37. The molecule has 9 heteroatoms. The van der Waals surface area contributed by atoms with Crippen LogP contribution >= 0.6 is 11.6 Å². The molecule has 7 nitrogen and oxygen atoms in total. The first-order valence-corrected chi connectivity index (χ1v) is 13.7. The topological polar surface area (TPSA) is 87.7 Å². The van der Waals surface area contributed by atoms with Gasteiger partial charge in [0.25, 0.3) is 5.91 Å². The fourth-order valence-corrected chi connectivity index (χ4v) is 6.44. The molecule has 182 valence electrons. The molecule has 1 saturated carbocycles. The van der Waals surface area contributed by atoms with E-state index >= 15 is 0 Å². The zero-order chi connectivity index (χ0) is 24.1. The van der Waals surface area contributed by atoms with Crippen molar-refractivity contribution in [3.63, 3.8) is 0 Å². The maximum atomic E-state index is 13.1. The maximum Gasteiger partial charge on any atom is 0.266 e. The standard InChI is InChI=1S/C25H30ClN3O4S/c1-25(2)15-22(16-4-3-5-18(12-16)29-8-10-33-11-9-29)27-23-20(13-17(26)14-21(23)25)24(30)28-34(31,32)19-6-7-19/h3-5,12-14,19,22,27H,6-11,15H2,1-2H3,(H,28,30). The van der Waals surface area contributed by atoms with Gasteiger partial charge in [0.05, 0.1) is 35.8 Å². The number of amides is 1. The summed E-state index contributed by atoms with van der Waals surface area (Å²) < 4.78 is 32.6. The lowest BCUT2D eigenvalue weighted by atomic mass is 9.73. The second-order valence-electron chi connectivity index (χ2n) is 10.0. The van der Waals surface area contributed by atoms with Crippen molar-refractivity contribution in [2.45, 2.75) is 49.8 Å². The Morgan fingerprint density at radius 1 is 1.18 bits per heavy atom. The first kappa shape index (κ1) is 23.5. The zero-order valence-electron chi connectivity index (χ0n) is 19.4. The normalized spacial score (nSPS) is 22.0. The molecule has 0 aromatic heterocycles. The Morgan fingerprint density at radius 3 is 2.62 bits per heavy atom. The number of halogens is 1. The third-order valence-corrected chi connectivity index (χ3v) is 8.99. The predicted octanol–water partition coefficient (Wildman–Crippen LogP) is 4.23. The van der Waals surface area contributed by atoms with Crippen LogP contribution in [0.5, 0.6) is 0 Å². The highest BCUT2D eigenvalue weighted by Crippen LogP contribution is 2.47. The van der Waals surface area contributed by atoms with E-state index in [4.69, 9.17) is 16.3 Å². The number of fused-ring (bicyclic) bond motifs is 1. The average Bonchev–Trinajstić information content (AvgIpc) is 3.65. The molecular weight excluding hydrogens is 474 g/mol. The SMILES string of the molecule is CC1(C)CC(c2cccc(N3CCOCC3)c2)Nc2c(C(=O)NS(=O)(=O)C3CC3)cc(Cl)cc21. The van der Waals surface area contributed by atoms with Crippen molar-refractivity contribution in [2.24, 2.45) is 0 Å². The monoisotopic (exact) mass is 503 g/mol. The van der Waals surface area contributed by atoms with E-state index in [1.165, 1.54) is 0 Å². The molecule has 0 bridgehead atoms. The van der Waals surface area contributed by atoms with Crippen molar-refractivity contribution in [3.8, 4) is 0 Å². The average molecular weight is 504 g/mol. The van der Waals surface area contributed by atoms with Gasteiger partial charge in [-0.2, -0.15) is 0 Å². The largest absolute Gasteiger partial charge is 0.378 e. The van der Waals surface area contributed by atoms with E-state index in [0.29, 0.717) is 23.6 Å². The Kier molecular flexibility index (Phi) is 6.02. The van der Waals surface area contributed by atoms with Crippen LogP contribution in [-0.4, -0.2) is 45.9 Å². The van der Waals surface area contributed by atoms with Crippen LogP contribution in [0.3, 0.4) is 0 Å². The number of anilines is 2. The van der Waals surface area contributed by atoms with Crippen LogP contribution < -0.4 is 14.9 Å². The van der Waals surface area contributed by atoms with Gasteiger partial charge in [-0.05, 0) is 60.1 Å². The fourth-order valence-electron chi connectivity index (χ4n) is 4.93. The maximum absolute atomic E-state index is 13.1. The van der Waals surface area contributed by atoms with E-state index in [2.05, 4.69) is 53.1 Å². The van der Waals surface area contributed by atoms with E-state index < -0.39 is 21.2 Å². The molecule has 1 unspecified atom stereocenters. The summed E-state index contributed by atoms with van der Waals surface area (Å²) in [4.78, 5) is 15.4. The van der Waals surface area contributed by atoms with Crippen molar-refractivity contribution >= 4 is 38.9 Å². The molecule has 2 aliphatic heterocycles. The highest BCUT2D eigenvalue weighted by Gasteiger charge is 2.39. The Hall–Kier alpha value is -2.29. The molecule has 1 aliphatic carbocycles. The van der Waals surface area contributed by atoms with Crippen LogP contribution in [0.4, 0.5) is 11.4 Å². The van der Waals surface area contributed by atoms with Crippen molar-refractivity contribution in [1.82, 2.24) is 4.72 Å². The summed E-state index contributed by atoms with van der Waals surface area (Å²) in [7, 11) is -3.67. The summed E-state index contributed by atoms with van der Waals surface area (Å²) in [6.45, 7) is 7.40. The molecule has 1 saturated heterocycles. The number of benzene rings is 2. The minimum atomic E-state index is -3.67. The summed E-state index contributed by atoms with van der Waals surface area (Å²) in [6.07, 6.45) is 1.97. The molecule has 2 heterocycles. The van der Waals surface area contributed by atoms with E-state index in [9.17, 15) is 13.2 Å². The van der Waals surface area contributed by atoms with Crippen molar-refractivity contribution in [1.29, 1.82) is 0 Å². The molecule has 3 aliphatic rings. The molecule has 0 spiro atoms. The second-order valence-corrected chi connectivity index (χ2v) is 12.4. The van der Waals surface area contributed by atoms with Crippen molar-refractivity contribution < 1.29 is 17.9 Å². The number of hydrogen-bond donors (Lipinski definition) is 2. The van der Waals surface area contributed by atoms with Crippen LogP contribution in [0.1, 0.15) is 60.6 Å². The fraction of sp³-hybridized carbons (Fsp3) is 0.480. The Morgan fingerprint density at radius 2 is 1.91 bits per heavy atom. The van der Waals surface area contributed by atoms with Crippen molar-refractivity contribution in [2.75, 3.05) is 36.5 Å². The summed E-state index contributed by atoms with van der Waals surface area (Å²) in [5.74, 6) is -0.642. The predicted molar refractivity (Wildman–Crippen MR) is 134 cm³/mol. The first-order chi connectivity index (χ1) is 16.1. The van der Waals surface area contributed by atoms with Crippen molar-refractivity contribution in [3.05, 3.63) is 58.1 Å². The quantitative estimate of drug-likeness (QED) is 0.634. The van der Waals surface area contributed by atoms with E-state index in [-0.39, 0.29) is 17.0 Å². The lowest BCUT2D eigenvalue weighted by Gasteiger charge is -2.40. The van der Waals surface area contributed by atoms with E-state index in [1.54, 1.807) is 6.07 Å². The third-order valence-electron chi connectivity index (χ3n) is 6.96. The number of carbonyl (C=O) groups is 1. The van der Waals surface area contributed by atoms with Gasteiger partial charge in [-0.25, -0.2) is 13.1 Å². The molecule has 2 aromatic rings. The number of hydrogen-bond acceptors (Lipinski definition) is 6. The molecule has 5 rings (SSSR count). The van der Waals surface area contributed by atoms with Crippen LogP contribution in [0.25, 0.3) is 0 Å². The Bertz CT molecular complexity index is 1220. The van der Waals surface area contributed by atoms with Gasteiger partial charge in [0.1, 0.15) is 0 Å². The first-order valence-electron chi connectivity index (χ1n) is 11.7. The van der Waals surface area contributed by atoms with E-state index in [0.717, 1.165) is 49.5 Å². The molecule has 2 N–H and O–H groups in total. The van der Waals surface area contributed by atoms with Gasteiger partial charge in [-0.1, -0.05) is 37.6 Å². The molecule has 0 radical (unpaired) electrons. The highest BCUT2D eigenvalue weighted by molar-refractivity contribution is 7.91. The molecule has 2 aromatic carbocycles. The molecule has 1 atom stereocenters. The van der Waals surface area contributed by atoms with Gasteiger partial charge < -0.3 is 15.0 Å². The van der Waals surface area contributed by atoms with Crippen LogP contribution in [0, 0.1) is 0 Å². The summed E-state index contributed by atoms with van der Waals surface area (Å²) in [6, 6.07) is 11.8. The summed E-state index contributed by atoms with van der Waals surface area (Å²) in [5.41, 5.74) is 3.80. The Balaban J connectivity index is 1.49. The molecular formula is C25H30ClN3O4S. The van der Waals surface area contributed by atoms with Gasteiger partial charge in [0, 0.05) is 23.8 Å². The van der Waals surface area contributed by atoms with Gasteiger partial charge in [0.2, 0.25) is 10.0 Å². The smallest absolute Gasteiger partial charge is 0.266 e. The van der Waals surface area contributed by atoms with E-state index in [1.807, 2.05) is 6.07 Å². The van der Waals surface area contributed by atoms with Crippen LogP contribution in [0.15, 0.2) is 36.4 Å². The second kappa shape index (κ2) is 8.73. The van der Waals surface area contributed by atoms with Gasteiger partial charge in [-0.3, -0.25) is 4.79 Å². The number of nitrogens with zero attached hydrogens (tertiary/aromatic N) is 1. The number of sulfonamides is 1. The number of morpholine rings is 1. The van der Waals surface area contributed by atoms with Gasteiger partial charge in [-0.15, -0.1) is 0 Å². The number of rotatable bonds is 5. The van der Waals surface area contributed by atoms with Gasteiger partial charge >= 0.3 is 0 Å². The number of ether oxygens (including phenoxy) is 1. The summed E-state index contributed by atoms with van der Waals surface area (Å²) in [5, 5.41) is 3.48. The minimum Gasteiger partial charge on any atom is -0.378 e. The molecule has 34 heavy (non-hydrogen) atoms. The molecule has 1 amide bonds. The number of nitrogens with one attached hydrogen (secondary N) is 2. The van der Waals surface area contributed by atoms with Gasteiger partial charge in [0.15, 0.2) is 0 Å². The molecule has 2 fully saturated rings. The highest BCUT2D eigenvalue weighted by atomic mass is 35.5. The minimum absolute atomic E-state index is 0.0451. The zero-order valence-corrected chi connectivity index (χ0v) is 21.0. The van der Waals surface area contributed by atoms with Crippen LogP contribution in [0.2, 0.25) is 5.02 Å². The third kappa shape index (κ3) is 4.63.